The maximum atomic E-state index is 5.91. The van der Waals surface area contributed by atoms with Crippen molar-refractivity contribution in [2.45, 2.75) is 31.7 Å². The van der Waals surface area contributed by atoms with Gasteiger partial charge < -0.3 is 5.73 Å². The lowest BCUT2D eigenvalue weighted by Gasteiger charge is -2.38. The Kier molecular flexibility index (Phi) is 4.74. The molecule has 0 aromatic carbocycles. The van der Waals surface area contributed by atoms with Crippen LogP contribution in [0.5, 0.6) is 0 Å². The van der Waals surface area contributed by atoms with Crippen LogP contribution in [0.25, 0.3) is 0 Å². The molecule has 1 saturated carbocycles. The molecule has 84 valence electrons. The maximum Gasteiger partial charge on any atom is 0.0303 e. The molecule has 0 aromatic rings. The summed E-state index contributed by atoms with van der Waals surface area (Å²) < 4.78 is 0. The van der Waals surface area contributed by atoms with Gasteiger partial charge in [-0.2, -0.15) is 11.8 Å². The van der Waals surface area contributed by atoms with Crippen LogP contribution in [0.15, 0.2) is 0 Å². The molecule has 2 nitrogen and oxygen atoms in total. The second kappa shape index (κ2) is 5.38. The average molecular weight is 216 g/mol. The predicted octanol–water partition coefficient (Wildman–Crippen LogP) is 1.80. The molecule has 0 saturated heterocycles. The van der Waals surface area contributed by atoms with E-state index in [-0.39, 0.29) is 5.54 Å². The number of thioether (sulfide) groups is 1. The number of hydrogen-bond acceptors (Lipinski definition) is 3. The third-order valence-corrected chi connectivity index (χ3v) is 4.01. The minimum atomic E-state index is 0.233. The molecule has 0 aromatic heterocycles. The van der Waals surface area contributed by atoms with Crippen molar-refractivity contribution in [1.82, 2.24) is 4.90 Å². The number of nitrogens with two attached hydrogens (primary N) is 1. The first-order valence-electron chi connectivity index (χ1n) is 5.52. The lowest BCUT2D eigenvalue weighted by Crippen LogP contribution is -2.50. The zero-order valence-corrected chi connectivity index (χ0v) is 10.6. The van der Waals surface area contributed by atoms with Crippen molar-refractivity contribution in [3.05, 3.63) is 0 Å². The highest BCUT2D eigenvalue weighted by Crippen LogP contribution is 2.38. The molecule has 2 N–H and O–H groups in total. The van der Waals surface area contributed by atoms with Gasteiger partial charge in [-0.05, 0) is 32.6 Å². The molecule has 14 heavy (non-hydrogen) atoms. The number of nitrogens with zero attached hydrogens (tertiary/aromatic N) is 1. The third kappa shape index (κ3) is 3.44. The molecular formula is C11H24N2S. The van der Waals surface area contributed by atoms with Gasteiger partial charge in [0.2, 0.25) is 0 Å². The van der Waals surface area contributed by atoms with Gasteiger partial charge in [0, 0.05) is 24.4 Å². The van der Waals surface area contributed by atoms with Gasteiger partial charge in [-0.15, -0.1) is 0 Å². The quantitative estimate of drug-likeness (QED) is 0.703. The molecule has 1 unspecified atom stereocenters. The van der Waals surface area contributed by atoms with E-state index in [9.17, 15) is 0 Å². The lowest BCUT2D eigenvalue weighted by molar-refractivity contribution is 0.136. The standard InChI is InChI=1S/C11H24N2S/c1-11(9-12,8-10-4-5-10)13(2)6-7-14-3/h10H,4-9,12H2,1-3H3. The summed E-state index contributed by atoms with van der Waals surface area (Å²) in [5.74, 6) is 2.16. The molecule has 1 fully saturated rings. The number of hydrogen-bond donors (Lipinski definition) is 1. The van der Waals surface area contributed by atoms with E-state index < -0.39 is 0 Å². The van der Waals surface area contributed by atoms with Crippen molar-refractivity contribution in [1.29, 1.82) is 0 Å². The van der Waals surface area contributed by atoms with E-state index in [1.165, 1.54) is 25.0 Å². The summed E-state index contributed by atoms with van der Waals surface area (Å²) in [4.78, 5) is 2.45. The predicted molar refractivity (Wildman–Crippen MR) is 65.8 cm³/mol. The normalized spacial score (nSPS) is 21.2. The molecule has 1 aliphatic rings. The molecule has 0 amide bonds. The first kappa shape index (κ1) is 12.3. The summed E-state index contributed by atoms with van der Waals surface area (Å²) in [5.41, 5.74) is 6.14. The lowest BCUT2D eigenvalue weighted by atomic mass is 9.93. The first-order valence-corrected chi connectivity index (χ1v) is 6.92. The summed E-state index contributed by atoms with van der Waals surface area (Å²) in [6, 6.07) is 0. The maximum absolute atomic E-state index is 5.91. The minimum absolute atomic E-state index is 0.233. The Morgan fingerprint density at radius 3 is 2.57 bits per heavy atom. The molecule has 0 spiro atoms. The zero-order valence-electron chi connectivity index (χ0n) is 9.75. The Labute approximate surface area is 92.6 Å². The van der Waals surface area contributed by atoms with E-state index in [4.69, 9.17) is 5.73 Å². The van der Waals surface area contributed by atoms with Crippen molar-refractivity contribution < 1.29 is 0 Å². The highest BCUT2D eigenvalue weighted by molar-refractivity contribution is 7.98. The number of rotatable bonds is 7. The second-order valence-corrected chi connectivity index (χ2v) is 5.75. The molecule has 0 radical (unpaired) electrons. The molecular weight excluding hydrogens is 192 g/mol. The minimum Gasteiger partial charge on any atom is -0.329 e. The SMILES string of the molecule is CSCCN(C)C(C)(CN)CC1CC1. The molecule has 0 bridgehead atoms. The zero-order chi connectivity index (χ0) is 10.6. The van der Waals surface area contributed by atoms with Crippen LogP contribution in [0.1, 0.15) is 26.2 Å². The molecule has 1 rings (SSSR count). The van der Waals surface area contributed by atoms with Gasteiger partial charge >= 0.3 is 0 Å². The smallest absolute Gasteiger partial charge is 0.0303 e. The summed E-state index contributed by atoms with van der Waals surface area (Å²) >= 11 is 1.91. The van der Waals surface area contributed by atoms with Crippen LogP contribution in [0, 0.1) is 5.92 Å². The Bertz CT molecular complexity index is 171. The van der Waals surface area contributed by atoms with E-state index in [2.05, 4.69) is 25.1 Å². The van der Waals surface area contributed by atoms with Gasteiger partial charge in [-0.1, -0.05) is 12.8 Å². The Hall–Kier alpha value is 0.270. The average Bonchev–Trinajstić information content (AvgIpc) is 2.97. The van der Waals surface area contributed by atoms with Crippen molar-refractivity contribution in [3.8, 4) is 0 Å². The summed E-state index contributed by atoms with van der Waals surface area (Å²) in [5, 5.41) is 0. The fourth-order valence-electron chi connectivity index (χ4n) is 1.84. The van der Waals surface area contributed by atoms with Gasteiger partial charge in [0.25, 0.3) is 0 Å². The van der Waals surface area contributed by atoms with Crippen molar-refractivity contribution in [2.24, 2.45) is 11.7 Å². The largest absolute Gasteiger partial charge is 0.329 e. The van der Waals surface area contributed by atoms with Crippen LogP contribution in [0.4, 0.5) is 0 Å². The van der Waals surface area contributed by atoms with Gasteiger partial charge in [-0.25, -0.2) is 0 Å². The van der Waals surface area contributed by atoms with Gasteiger partial charge in [0.05, 0.1) is 0 Å². The summed E-state index contributed by atoms with van der Waals surface area (Å²) in [6.07, 6.45) is 6.29. The van der Waals surface area contributed by atoms with Gasteiger partial charge in [0.15, 0.2) is 0 Å². The highest BCUT2D eigenvalue weighted by atomic mass is 32.2. The Morgan fingerprint density at radius 2 is 2.14 bits per heavy atom. The van der Waals surface area contributed by atoms with E-state index in [1.54, 1.807) is 0 Å². The third-order valence-electron chi connectivity index (χ3n) is 3.42. The Morgan fingerprint density at radius 1 is 1.50 bits per heavy atom. The molecule has 1 atom stereocenters. The van der Waals surface area contributed by atoms with Crippen molar-refractivity contribution in [2.75, 3.05) is 32.1 Å². The monoisotopic (exact) mass is 216 g/mol. The van der Waals surface area contributed by atoms with Crippen LogP contribution in [0.2, 0.25) is 0 Å². The van der Waals surface area contributed by atoms with E-state index in [0.29, 0.717) is 0 Å². The van der Waals surface area contributed by atoms with E-state index >= 15 is 0 Å². The Balaban J connectivity index is 2.39. The fraction of sp³-hybridized carbons (Fsp3) is 1.00. The summed E-state index contributed by atoms with van der Waals surface area (Å²) in [7, 11) is 2.21. The molecule has 3 heteroatoms. The fourth-order valence-corrected chi connectivity index (χ4v) is 2.29. The molecule has 0 aliphatic heterocycles. The van der Waals surface area contributed by atoms with Crippen LogP contribution in [-0.4, -0.2) is 42.6 Å². The van der Waals surface area contributed by atoms with Crippen LogP contribution in [0.3, 0.4) is 0 Å². The number of likely N-dealkylation sites (N-methyl/N-ethyl adjacent to an activating group) is 1. The van der Waals surface area contributed by atoms with Gasteiger partial charge in [0.1, 0.15) is 0 Å². The van der Waals surface area contributed by atoms with Crippen LogP contribution in [-0.2, 0) is 0 Å². The van der Waals surface area contributed by atoms with E-state index in [0.717, 1.165) is 19.0 Å². The van der Waals surface area contributed by atoms with Crippen LogP contribution < -0.4 is 5.73 Å². The van der Waals surface area contributed by atoms with E-state index in [1.807, 2.05) is 11.8 Å². The second-order valence-electron chi connectivity index (χ2n) is 4.76. The van der Waals surface area contributed by atoms with Crippen molar-refractivity contribution >= 4 is 11.8 Å². The topological polar surface area (TPSA) is 29.3 Å². The highest BCUT2D eigenvalue weighted by Gasteiger charge is 2.34. The molecule has 0 heterocycles. The first-order chi connectivity index (χ1) is 6.62. The molecule has 1 aliphatic carbocycles. The van der Waals surface area contributed by atoms with Crippen LogP contribution >= 0.6 is 11.8 Å². The summed E-state index contributed by atoms with van der Waals surface area (Å²) in [6.45, 7) is 4.25. The van der Waals surface area contributed by atoms with Crippen molar-refractivity contribution in [3.63, 3.8) is 0 Å². The van der Waals surface area contributed by atoms with Gasteiger partial charge in [-0.3, -0.25) is 4.90 Å².